The zero-order chi connectivity index (χ0) is 23.8. The molecule has 0 radical (unpaired) electrons. The zero-order valence-corrected chi connectivity index (χ0v) is 20.5. The second-order valence-corrected chi connectivity index (χ2v) is 9.81. The van der Waals surface area contributed by atoms with Gasteiger partial charge in [0.15, 0.2) is 0 Å². The Balaban J connectivity index is 1.61. The second-order valence-electron chi connectivity index (χ2n) is 8.70. The summed E-state index contributed by atoms with van der Waals surface area (Å²) in [6.07, 6.45) is 4.17. The number of para-hydroxylation sites is 1. The second kappa shape index (κ2) is 11.2. The summed E-state index contributed by atoms with van der Waals surface area (Å²) in [5, 5.41) is 1.11. The van der Waals surface area contributed by atoms with Crippen LogP contribution in [0, 0.1) is 0 Å². The Labute approximate surface area is 199 Å². The third-order valence-electron chi connectivity index (χ3n) is 4.91. The Hall–Kier alpha value is -3.00. The van der Waals surface area contributed by atoms with Crippen molar-refractivity contribution in [3.8, 4) is 0 Å². The van der Waals surface area contributed by atoms with E-state index in [9.17, 15) is 9.59 Å². The molecule has 2 aromatic heterocycles. The van der Waals surface area contributed by atoms with E-state index in [1.165, 1.54) is 6.92 Å². The minimum absolute atomic E-state index is 0.0608. The van der Waals surface area contributed by atoms with E-state index in [-0.39, 0.29) is 12.0 Å². The number of aromatic nitrogens is 2. The van der Waals surface area contributed by atoms with Gasteiger partial charge in [0.2, 0.25) is 5.91 Å². The predicted octanol–water partition coefficient (Wildman–Crippen LogP) is 5.11. The van der Waals surface area contributed by atoms with Gasteiger partial charge in [0.1, 0.15) is 11.2 Å². The van der Waals surface area contributed by atoms with Gasteiger partial charge in [-0.05, 0) is 51.5 Å². The molecule has 1 aromatic carbocycles. The van der Waals surface area contributed by atoms with E-state index in [0.717, 1.165) is 28.5 Å². The summed E-state index contributed by atoms with van der Waals surface area (Å²) in [6.45, 7) is 8.45. The van der Waals surface area contributed by atoms with Crippen LogP contribution in [0.5, 0.6) is 0 Å². The Morgan fingerprint density at radius 1 is 1.03 bits per heavy atom. The third-order valence-corrected chi connectivity index (χ3v) is 6.03. The molecule has 7 nitrogen and oxygen atoms in total. The molecule has 176 valence electrons. The highest BCUT2D eigenvalue weighted by Crippen LogP contribution is 2.21. The van der Waals surface area contributed by atoms with E-state index in [2.05, 4.69) is 15.5 Å². The van der Waals surface area contributed by atoms with Crippen LogP contribution in [0.4, 0.5) is 10.5 Å². The molecular formula is C25H32N4O3S. The molecule has 0 saturated carbocycles. The van der Waals surface area contributed by atoms with Crippen molar-refractivity contribution in [1.29, 1.82) is 0 Å². The van der Waals surface area contributed by atoms with E-state index >= 15 is 0 Å². The maximum Gasteiger partial charge on any atom is 0.410 e. The molecule has 0 N–H and O–H groups in total. The number of anilines is 1. The van der Waals surface area contributed by atoms with Gasteiger partial charge >= 0.3 is 6.09 Å². The van der Waals surface area contributed by atoms with Crippen molar-refractivity contribution in [1.82, 2.24) is 14.3 Å². The molecular weight excluding hydrogens is 436 g/mol. The van der Waals surface area contributed by atoms with Gasteiger partial charge in [-0.15, -0.1) is 11.8 Å². The van der Waals surface area contributed by atoms with Gasteiger partial charge in [-0.3, -0.25) is 9.20 Å². The molecule has 0 aliphatic rings. The monoisotopic (exact) mass is 468 g/mol. The van der Waals surface area contributed by atoms with Gasteiger partial charge in [-0.1, -0.05) is 24.3 Å². The third kappa shape index (κ3) is 7.25. The molecule has 3 rings (SSSR count). The van der Waals surface area contributed by atoms with Crippen LogP contribution >= 0.6 is 11.8 Å². The van der Waals surface area contributed by atoms with Crippen LogP contribution in [0.15, 0.2) is 66.0 Å². The number of pyridine rings is 1. The number of imidazole rings is 1. The summed E-state index contributed by atoms with van der Waals surface area (Å²) in [5.74, 6) is 0.778. The molecule has 2 heterocycles. The normalized spacial score (nSPS) is 11.4. The minimum atomic E-state index is -0.582. The first-order valence-electron chi connectivity index (χ1n) is 11.1. The van der Waals surface area contributed by atoms with Crippen LogP contribution in [0.25, 0.3) is 5.65 Å². The summed E-state index contributed by atoms with van der Waals surface area (Å²) in [7, 11) is 0. The highest BCUT2D eigenvalue weighted by Gasteiger charge is 2.23. The Kier molecular flexibility index (Phi) is 8.38. The smallest absolute Gasteiger partial charge is 0.410 e. The van der Waals surface area contributed by atoms with Crippen molar-refractivity contribution in [2.45, 2.75) is 44.7 Å². The average Bonchev–Trinajstić information content (AvgIpc) is 3.24. The lowest BCUT2D eigenvalue weighted by Crippen LogP contribution is -2.43. The van der Waals surface area contributed by atoms with Gasteiger partial charge in [0.25, 0.3) is 0 Å². The topological polar surface area (TPSA) is 67.2 Å². The number of rotatable bonds is 9. The Bertz CT molecular complexity index is 1060. The molecule has 0 atom stereocenters. The lowest BCUT2D eigenvalue weighted by molar-refractivity contribution is -0.116. The van der Waals surface area contributed by atoms with Crippen molar-refractivity contribution >= 4 is 35.1 Å². The largest absolute Gasteiger partial charge is 0.444 e. The van der Waals surface area contributed by atoms with Crippen LogP contribution < -0.4 is 4.90 Å². The fourth-order valence-electron chi connectivity index (χ4n) is 3.39. The fraction of sp³-hybridized carbons (Fsp3) is 0.400. The predicted molar refractivity (Wildman–Crippen MR) is 133 cm³/mol. The standard InChI is InChI=1S/C25H32N4O3S/c1-20(30)28(21-10-6-5-7-11-21)18-17-27(24(31)32-25(2,3)4)15-9-19-33-23-13-8-12-22-26-14-16-29(22)23/h5-8,10-14,16H,9,15,17-19H2,1-4H3. The SMILES string of the molecule is CC(=O)N(CCN(CCCSc1cccc2nccn12)C(=O)OC(C)(C)C)c1ccccc1. The first kappa shape index (κ1) is 24.6. The van der Waals surface area contributed by atoms with Crippen molar-refractivity contribution < 1.29 is 14.3 Å². The molecule has 3 aromatic rings. The number of fused-ring (bicyclic) bond motifs is 1. The zero-order valence-electron chi connectivity index (χ0n) is 19.7. The van der Waals surface area contributed by atoms with Gasteiger partial charge in [-0.2, -0.15) is 0 Å². The quantitative estimate of drug-likeness (QED) is 0.323. The molecule has 0 bridgehead atoms. The minimum Gasteiger partial charge on any atom is -0.444 e. The fourth-order valence-corrected chi connectivity index (χ4v) is 4.34. The number of amides is 2. The van der Waals surface area contributed by atoms with E-state index in [4.69, 9.17) is 4.74 Å². The van der Waals surface area contributed by atoms with Gasteiger partial charge in [0, 0.05) is 50.4 Å². The number of nitrogens with zero attached hydrogens (tertiary/aromatic N) is 4. The maximum absolute atomic E-state index is 12.9. The number of carbonyl (C=O) groups excluding carboxylic acids is 2. The Morgan fingerprint density at radius 3 is 2.48 bits per heavy atom. The van der Waals surface area contributed by atoms with Crippen LogP contribution in [-0.2, 0) is 9.53 Å². The van der Waals surface area contributed by atoms with Crippen LogP contribution in [0.2, 0.25) is 0 Å². The molecule has 0 aliphatic heterocycles. The van der Waals surface area contributed by atoms with Crippen molar-refractivity contribution in [2.75, 3.05) is 30.3 Å². The Morgan fingerprint density at radius 2 is 1.79 bits per heavy atom. The van der Waals surface area contributed by atoms with Crippen LogP contribution in [-0.4, -0.2) is 57.3 Å². The summed E-state index contributed by atoms with van der Waals surface area (Å²) >= 11 is 1.73. The molecule has 33 heavy (non-hydrogen) atoms. The maximum atomic E-state index is 12.9. The summed E-state index contributed by atoms with van der Waals surface area (Å²) in [6, 6.07) is 15.5. The van der Waals surface area contributed by atoms with Gasteiger partial charge < -0.3 is 14.5 Å². The number of thioether (sulfide) groups is 1. The number of hydrogen-bond acceptors (Lipinski definition) is 5. The summed E-state index contributed by atoms with van der Waals surface area (Å²) in [4.78, 5) is 32.8. The number of hydrogen-bond donors (Lipinski definition) is 0. The summed E-state index contributed by atoms with van der Waals surface area (Å²) < 4.78 is 7.68. The van der Waals surface area contributed by atoms with E-state index in [1.54, 1.807) is 27.8 Å². The van der Waals surface area contributed by atoms with Crippen LogP contribution in [0.1, 0.15) is 34.1 Å². The highest BCUT2D eigenvalue weighted by molar-refractivity contribution is 7.99. The molecule has 0 aliphatic carbocycles. The molecule has 2 amide bonds. The molecule has 0 fully saturated rings. The van der Waals surface area contributed by atoms with Gasteiger partial charge in [-0.25, -0.2) is 9.78 Å². The van der Waals surface area contributed by atoms with E-state index in [1.807, 2.05) is 69.4 Å². The van der Waals surface area contributed by atoms with E-state index < -0.39 is 5.60 Å². The first-order chi connectivity index (χ1) is 15.7. The molecule has 8 heteroatoms. The highest BCUT2D eigenvalue weighted by atomic mass is 32.2. The number of benzene rings is 1. The first-order valence-corrected chi connectivity index (χ1v) is 12.1. The van der Waals surface area contributed by atoms with Crippen LogP contribution in [0.3, 0.4) is 0 Å². The van der Waals surface area contributed by atoms with Gasteiger partial charge in [0.05, 0.1) is 5.03 Å². The van der Waals surface area contributed by atoms with Crippen molar-refractivity contribution in [2.24, 2.45) is 0 Å². The number of ether oxygens (including phenoxy) is 1. The molecule has 0 spiro atoms. The summed E-state index contributed by atoms with van der Waals surface area (Å²) in [5.41, 5.74) is 1.15. The molecule has 0 unspecified atom stereocenters. The molecule has 0 saturated heterocycles. The number of carbonyl (C=O) groups is 2. The average molecular weight is 469 g/mol. The van der Waals surface area contributed by atoms with E-state index in [0.29, 0.717) is 19.6 Å². The van der Waals surface area contributed by atoms with Crippen molar-refractivity contribution in [3.63, 3.8) is 0 Å². The van der Waals surface area contributed by atoms with Crippen molar-refractivity contribution in [3.05, 3.63) is 60.9 Å². The lowest BCUT2D eigenvalue weighted by atomic mass is 10.2. The lowest BCUT2D eigenvalue weighted by Gasteiger charge is -2.30.